The van der Waals surface area contributed by atoms with Gasteiger partial charge >= 0.3 is 6.03 Å². The summed E-state index contributed by atoms with van der Waals surface area (Å²) < 4.78 is 0. The molecular formula is C10H22N2O. The fraction of sp³-hybridized carbons (Fsp3) is 0.900. The molecule has 2 amide bonds. The van der Waals surface area contributed by atoms with Gasteiger partial charge in [0.2, 0.25) is 0 Å². The molecule has 1 saturated heterocycles. The SMILES string of the molecule is CC.CC(C)CC1CN(C)C(=O)N1. The van der Waals surface area contributed by atoms with Gasteiger partial charge < -0.3 is 10.2 Å². The van der Waals surface area contributed by atoms with Gasteiger partial charge in [0.1, 0.15) is 0 Å². The van der Waals surface area contributed by atoms with Crippen molar-refractivity contribution in [2.24, 2.45) is 5.92 Å². The average molecular weight is 186 g/mol. The Balaban J connectivity index is 0.000000671. The van der Waals surface area contributed by atoms with Crippen molar-refractivity contribution in [2.75, 3.05) is 13.6 Å². The first-order chi connectivity index (χ1) is 6.09. The van der Waals surface area contributed by atoms with Crippen molar-refractivity contribution in [1.29, 1.82) is 0 Å². The predicted molar refractivity (Wildman–Crippen MR) is 55.8 cm³/mol. The zero-order valence-electron chi connectivity index (χ0n) is 9.42. The van der Waals surface area contributed by atoms with E-state index in [0.717, 1.165) is 13.0 Å². The molecule has 1 atom stereocenters. The topological polar surface area (TPSA) is 32.3 Å². The maximum absolute atomic E-state index is 11.0. The third-order valence-corrected chi connectivity index (χ3v) is 1.92. The minimum absolute atomic E-state index is 0.0654. The van der Waals surface area contributed by atoms with Crippen LogP contribution in [-0.2, 0) is 0 Å². The largest absolute Gasteiger partial charge is 0.333 e. The minimum atomic E-state index is 0.0654. The molecule has 0 aliphatic carbocycles. The Morgan fingerprint density at radius 3 is 2.38 bits per heavy atom. The van der Waals surface area contributed by atoms with Crippen LogP contribution in [0.4, 0.5) is 4.79 Å². The predicted octanol–water partition coefficient (Wildman–Crippen LogP) is 2.08. The number of carbonyl (C=O) groups excluding carboxylic acids is 1. The summed E-state index contributed by atoms with van der Waals surface area (Å²) in [6.07, 6.45) is 1.08. The molecule has 0 aromatic rings. The first-order valence-corrected chi connectivity index (χ1v) is 5.11. The summed E-state index contributed by atoms with van der Waals surface area (Å²) in [5, 5.41) is 2.92. The van der Waals surface area contributed by atoms with Crippen molar-refractivity contribution in [2.45, 2.75) is 40.2 Å². The number of hydrogen-bond acceptors (Lipinski definition) is 1. The maximum Gasteiger partial charge on any atom is 0.317 e. The summed E-state index contributed by atoms with van der Waals surface area (Å²) in [6, 6.07) is 0.433. The lowest BCUT2D eigenvalue weighted by Crippen LogP contribution is -2.27. The van der Waals surface area contributed by atoms with Crippen LogP contribution in [0, 0.1) is 5.92 Å². The van der Waals surface area contributed by atoms with Crippen molar-refractivity contribution >= 4 is 6.03 Å². The highest BCUT2D eigenvalue weighted by molar-refractivity contribution is 5.76. The molecule has 1 fully saturated rings. The molecule has 0 aromatic heterocycles. The van der Waals surface area contributed by atoms with Crippen LogP contribution in [0.5, 0.6) is 0 Å². The molecule has 78 valence electrons. The van der Waals surface area contributed by atoms with E-state index in [4.69, 9.17) is 0 Å². The standard InChI is InChI=1S/C8H16N2O.C2H6/c1-6(2)4-7-5-10(3)8(11)9-7;1-2/h6-7H,4-5H2,1-3H3,(H,9,11);1-2H3. The number of likely N-dealkylation sites (N-methyl/N-ethyl adjacent to an activating group) is 1. The summed E-state index contributed by atoms with van der Waals surface area (Å²) in [6.45, 7) is 9.20. The highest BCUT2D eigenvalue weighted by Crippen LogP contribution is 2.10. The van der Waals surface area contributed by atoms with E-state index in [9.17, 15) is 4.79 Å². The molecule has 1 aliphatic rings. The minimum Gasteiger partial charge on any atom is -0.333 e. The Labute approximate surface area is 81.5 Å². The number of nitrogens with zero attached hydrogens (tertiary/aromatic N) is 1. The molecule has 1 N–H and O–H groups in total. The first-order valence-electron chi connectivity index (χ1n) is 5.11. The summed E-state index contributed by atoms with van der Waals surface area (Å²) in [5.74, 6) is 0.659. The zero-order valence-corrected chi connectivity index (χ0v) is 9.42. The maximum atomic E-state index is 11.0. The third-order valence-electron chi connectivity index (χ3n) is 1.92. The number of rotatable bonds is 2. The van der Waals surface area contributed by atoms with E-state index in [-0.39, 0.29) is 6.03 Å². The summed E-state index contributed by atoms with van der Waals surface area (Å²) in [5.41, 5.74) is 0. The second-order valence-electron chi connectivity index (χ2n) is 3.66. The Kier molecular flexibility index (Phi) is 5.51. The van der Waals surface area contributed by atoms with Crippen LogP contribution in [0.3, 0.4) is 0 Å². The zero-order chi connectivity index (χ0) is 10.4. The molecule has 0 aromatic carbocycles. The van der Waals surface area contributed by atoms with E-state index in [1.165, 1.54) is 0 Å². The van der Waals surface area contributed by atoms with Crippen molar-refractivity contribution in [1.82, 2.24) is 10.2 Å². The van der Waals surface area contributed by atoms with Crippen molar-refractivity contribution in [3.8, 4) is 0 Å². The number of amides is 2. The van der Waals surface area contributed by atoms with Gasteiger partial charge in [-0.2, -0.15) is 0 Å². The van der Waals surface area contributed by atoms with Gasteiger partial charge in [0.05, 0.1) is 0 Å². The first kappa shape index (κ1) is 12.3. The Bertz CT molecular complexity index is 157. The van der Waals surface area contributed by atoms with Gasteiger partial charge in [-0.05, 0) is 12.3 Å². The molecule has 0 bridgehead atoms. The van der Waals surface area contributed by atoms with E-state index < -0.39 is 0 Å². The van der Waals surface area contributed by atoms with Crippen LogP contribution in [0.1, 0.15) is 34.1 Å². The number of urea groups is 1. The van der Waals surface area contributed by atoms with E-state index in [1.54, 1.807) is 4.90 Å². The third kappa shape index (κ3) is 4.15. The molecule has 0 spiro atoms. The van der Waals surface area contributed by atoms with E-state index in [2.05, 4.69) is 19.2 Å². The number of hydrogen-bond donors (Lipinski definition) is 1. The lowest BCUT2D eigenvalue weighted by atomic mass is 10.0. The molecule has 13 heavy (non-hydrogen) atoms. The van der Waals surface area contributed by atoms with Gasteiger partial charge in [-0.15, -0.1) is 0 Å². The molecular weight excluding hydrogens is 164 g/mol. The second kappa shape index (κ2) is 5.84. The highest BCUT2D eigenvalue weighted by atomic mass is 16.2. The van der Waals surface area contributed by atoms with Crippen LogP contribution in [-0.4, -0.2) is 30.6 Å². The summed E-state index contributed by atoms with van der Waals surface area (Å²) >= 11 is 0. The van der Waals surface area contributed by atoms with Crippen LogP contribution in [0.15, 0.2) is 0 Å². The molecule has 1 aliphatic heterocycles. The van der Waals surface area contributed by atoms with Crippen LogP contribution in [0.25, 0.3) is 0 Å². The molecule has 3 nitrogen and oxygen atoms in total. The van der Waals surface area contributed by atoms with Crippen molar-refractivity contribution < 1.29 is 4.79 Å². The Hall–Kier alpha value is -0.730. The Morgan fingerprint density at radius 2 is 2.08 bits per heavy atom. The monoisotopic (exact) mass is 186 g/mol. The lowest BCUT2D eigenvalue weighted by molar-refractivity contribution is 0.226. The normalized spacial score (nSPS) is 21.2. The average Bonchev–Trinajstić information content (AvgIpc) is 2.34. The van der Waals surface area contributed by atoms with Crippen LogP contribution in [0.2, 0.25) is 0 Å². The quantitative estimate of drug-likeness (QED) is 0.703. The fourth-order valence-electron chi connectivity index (χ4n) is 1.45. The smallest absolute Gasteiger partial charge is 0.317 e. The molecule has 1 rings (SSSR count). The Morgan fingerprint density at radius 1 is 1.54 bits per heavy atom. The summed E-state index contributed by atoms with van der Waals surface area (Å²) in [4.78, 5) is 12.7. The molecule has 1 unspecified atom stereocenters. The number of nitrogens with one attached hydrogen (secondary N) is 1. The number of carbonyl (C=O) groups is 1. The molecule has 0 radical (unpaired) electrons. The van der Waals surface area contributed by atoms with Crippen molar-refractivity contribution in [3.05, 3.63) is 0 Å². The van der Waals surface area contributed by atoms with Gasteiger partial charge in [-0.3, -0.25) is 0 Å². The van der Waals surface area contributed by atoms with E-state index >= 15 is 0 Å². The van der Waals surface area contributed by atoms with E-state index in [1.807, 2.05) is 20.9 Å². The van der Waals surface area contributed by atoms with Gasteiger partial charge in [0.25, 0.3) is 0 Å². The highest BCUT2D eigenvalue weighted by Gasteiger charge is 2.25. The van der Waals surface area contributed by atoms with Crippen molar-refractivity contribution in [3.63, 3.8) is 0 Å². The van der Waals surface area contributed by atoms with Gasteiger partial charge in [0.15, 0.2) is 0 Å². The summed E-state index contributed by atoms with van der Waals surface area (Å²) in [7, 11) is 1.83. The van der Waals surface area contributed by atoms with E-state index in [0.29, 0.717) is 12.0 Å². The lowest BCUT2D eigenvalue weighted by Gasteiger charge is -2.10. The van der Waals surface area contributed by atoms with Crippen LogP contribution >= 0.6 is 0 Å². The molecule has 3 heteroatoms. The van der Waals surface area contributed by atoms with Gasteiger partial charge in [-0.1, -0.05) is 27.7 Å². The van der Waals surface area contributed by atoms with Crippen LogP contribution < -0.4 is 5.32 Å². The van der Waals surface area contributed by atoms with Gasteiger partial charge in [0, 0.05) is 19.6 Å². The van der Waals surface area contributed by atoms with Gasteiger partial charge in [-0.25, -0.2) is 4.79 Å². The molecule has 1 heterocycles. The second-order valence-corrected chi connectivity index (χ2v) is 3.66. The fourth-order valence-corrected chi connectivity index (χ4v) is 1.45. The molecule has 0 saturated carbocycles.